The van der Waals surface area contributed by atoms with Gasteiger partial charge in [0.1, 0.15) is 19.0 Å². The quantitative estimate of drug-likeness (QED) is 0.520. The van der Waals surface area contributed by atoms with E-state index in [1.807, 2.05) is 0 Å². The second-order valence-electron chi connectivity index (χ2n) is 5.33. The summed E-state index contributed by atoms with van der Waals surface area (Å²) in [5, 5.41) is 0.878. The maximum Gasteiger partial charge on any atom is 0.338 e. The van der Waals surface area contributed by atoms with Crippen LogP contribution in [0.1, 0.15) is 15.9 Å². The highest BCUT2D eigenvalue weighted by Crippen LogP contribution is 2.27. The highest BCUT2D eigenvalue weighted by atomic mass is 35.5. The van der Waals surface area contributed by atoms with Crippen LogP contribution in [-0.4, -0.2) is 33.9 Å². The van der Waals surface area contributed by atoms with Crippen molar-refractivity contribution in [3.8, 4) is 5.75 Å². The molecule has 2 aromatic carbocycles. The largest absolute Gasteiger partial charge is 0.488 e. The molecule has 25 heavy (non-hydrogen) atoms. The molecule has 0 atom stereocenters. The summed E-state index contributed by atoms with van der Waals surface area (Å²) >= 11 is 11.8. The molecule has 0 heterocycles. The normalized spacial score (nSPS) is 11.2. The van der Waals surface area contributed by atoms with Crippen molar-refractivity contribution < 1.29 is 22.7 Å². The molecule has 0 aliphatic carbocycles. The SMILES string of the molecule is CS(=O)(=O)Cc1ccc(C(=O)OCCOc2ccc(Cl)cc2Cl)cc1. The lowest BCUT2D eigenvalue weighted by Gasteiger charge is -2.09. The molecule has 0 fully saturated rings. The molecule has 2 rings (SSSR count). The predicted octanol–water partition coefficient (Wildman–Crippen LogP) is 3.77. The fourth-order valence-corrected chi connectivity index (χ4v) is 3.26. The van der Waals surface area contributed by atoms with Gasteiger partial charge in [0.05, 0.1) is 16.3 Å². The lowest BCUT2D eigenvalue weighted by Crippen LogP contribution is -2.12. The van der Waals surface area contributed by atoms with Gasteiger partial charge in [-0.1, -0.05) is 35.3 Å². The number of ether oxygens (including phenoxy) is 2. The van der Waals surface area contributed by atoms with E-state index in [0.29, 0.717) is 26.9 Å². The molecule has 0 aliphatic heterocycles. The third-order valence-corrected chi connectivity index (χ3v) is 4.47. The Morgan fingerprint density at radius 1 is 1.04 bits per heavy atom. The van der Waals surface area contributed by atoms with Gasteiger partial charge in [-0.2, -0.15) is 0 Å². The Kier molecular flexibility index (Phi) is 6.70. The number of benzene rings is 2. The number of hydrogen-bond donors (Lipinski definition) is 0. The van der Waals surface area contributed by atoms with E-state index < -0.39 is 15.8 Å². The molecule has 0 aromatic heterocycles. The van der Waals surface area contributed by atoms with Crippen LogP contribution < -0.4 is 4.74 Å². The molecule has 2 aromatic rings. The van der Waals surface area contributed by atoms with E-state index in [2.05, 4.69) is 0 Å². The number of sulfone groups is 1. The molecule has 8 heteroatoms. The predicted molar refractivity (Wildman–Crippen MR) is 97.2 cm³/mol. The first kappa shape index (κ1) is 19.6. The number of carbonyl (C=O) groups is 1. The number of halogens is 2. The molecule has 0 radical (unpaired) electrons. The first-order valence-electron chi connectivity index (χ1n) is 7.26. The van der Waals surface area contributed by atoms with E-state index in [4.69, 9.17) is 32.7 Å². The zero-order valence-electron chi connectivity index (χ0n) is 13.4. The van der Waals surface area contributed by atoms with Gasteiger partial charge in [-0.05, 0) is 35.9 Å². The van der Waals surface area contributed by atoms with E-state index in [-0.39, 0.29) is 19.0 Å². The van der Waals surface area contributed by atoms with Crippen molar-refractivity contribution in [2.24, 2.45) is 0 Å². The van der Waals surface area contributed by atoms with Gasteiger partial charge in [-0.3, -0.25) is 0 Å². The van der Waals surface area contributed by atoms with Gasteiger partial charge in [0.25, 0.3) is 0 Å². The average molecular weight is 403 g/mol. The van der Waals surface area contributed by atoms with Gasteiger partial charge in [0.15, 0.2) is 9.84 Å². The first-order chi connectivity index (χ1) is 11.7. The Morgan fingerprint density at radius 3 is 2.32 bits per heavy atom. The minimum absolute atomic E-state index is 0.0445. The zero-order chi connectivity index (χ0) is 18.4. The van der Waals surface area contributed by atoms with Crippen LogP contribution in [0.15, 0.2) is 42.5 Å². The van der Waals surface area contributed by atoms with Crippen molar-refractivity contribution in [2.45, 2.75) is 5.75 Å². The maximum absolute atomic E-state index is 11.9. The zero-order valence-corrected chi connectivity index (χ0v) is 15.7. The summed E-state index contributed by atoms with van der Waals surface area (Å²) in [6, 6.07) is 11.1. The second kappa shape index (κ2) is 8.56. The summed E-state index contributed by atoms with van der Waals surface area (Å²) in [6.07, 6.45) is 1.15. The van der Waals surface area contributed by atoms with Crippen LogP contribution in [0.4, 0.5) is 0 Å². The van der Waals surface area contributed by atoms with Gasteiger partial charge < -0.3 is 9.47 Å². The van der Waals surface area contributed by atoms with E-state index in [1.54, 1.807) is 30.3 Å². The van der Waals surface area contributed by atoms with Gasteiger partial charge >= 0.3 is 5.97 Å². The Morgan fingerprint density at radius 2 is 1.72 bits per heavy atom. The number of carbonyl (C=O) groups excluding carboxylic acids is 1. The molecule has 0 bridgehead atoms. The van der Waals surface area contributed by atoms with E-state index >= 15 is 0 Å². The molecule has 5 nitrogen and oxygen atoms in total. The lowest BCUT2D eigenvalue weighted by molar-refractivity contribution is 0.0450. The number of esters is 1. The van der Waals surface area contributed by atoms with Crippen LogP contribution in [0, 0.1) is 0 Å². The Bertz CT molecular complexity index is 848. The van der Waals surface area contributed by atoms with Crippen LogP contribution in [0.25, 0.3) is 0 Å². The van der Waals surface area contributed by atoms with Crippen LogP contribution in [0.3, 0.4) is 0 Å². The topological polar surface area (TPSA) is 69.7 Å². The van der Waals surface area contributed by atoms with Crippen molar-refractivity contribution in [3.05, 3.63) is 63.6 Å². The highest BCUT2D eigenvalue weighted by molar-refractivity contribution is 7.89. The van der Waals surface area contributed by atoms with Crippen LogP contribution in [-0.2, 0) is 20.3 Å². The van der Waals surface area contributed by atoms with E-state index in [1.165, 1.54) is 12.1 Å². The molecule has 0 unspecified atom stereocenters. The molecular formula is C17H16Cl2O5S. The molecule has 0 amide bonds. The second-order valence-corrected chi connectivity index (χ2v) is 8.31. The van der Waals surface area contributed by atoms with Crippen molar-refractivity contribution in [3.63, 3.8) is 0 Å². The average Bonchev–Trinajstić information content (AvgIpc) is 2.52. The van der Waals surface area contributed by atoms with Crippen LogP contribution in [0.2, 0.25) is 10.0 Å². The summed E-state index contributed by atoms with van der Waals surface area (Å²) in [5.74, 6) is -0.137. The fourth-order valence-electron chi connectivity index (χ4n) is 2.00. The van der Waals surface area contributed by atoms with E-state index in [0.717, 1.165) is 6.26 Å². The molecule has 0 saturated heterocycles. The number of rotatable bonds is 7. The number of hydrogen-bond acceptors (Lipinski definition) is 5. The van der Waals surface area contributed by atoms with E-state index in [9.17, 15) is 13.2 Å². The smallest absolute Gasteiger partial charge is 0.338 e. The van der Waals surface area contributed by atoms with Gasteiger partial charge in [-0.25, -0.2) is 13.2 Å². The molecule has 0 N–H and O–H groups in total. The van der Waals surface area contributed by atoms with Crippen molar-refractivity contribution in [2.75, 3.05) is 19.5 Å². The molecular weight excluding hydrogens is 387 g/mol. The highest BCUT2D eigenvalue weighted by Gasteiger charge is 2.09. The Balaban J connectivity index is 1.82. The van der Waals surface area contributed by atoms with Crippen LogP contribution >= 0.6 is 23.2 Å². The Labute approximate surface area is 156 Å². The summed E-state index contributed by atoms with van der Waals surface area (Å²) < 4.78 is 33.0. The molecule has 0 aliphatic rings. The third-order valence-electron chi connectivity index (χ3n) is 3.09. The molecule has 134 valence electrons. The third kappa shape index (κ3) is 6.57. The first-order valence-corrected chi connectivity index (χ1v) is 10.1. The van der Waals surface area contributed by atoms with Gasteiger partial charge in [-0.15, -0.1) is 0 Å². The van der Waals surface area contributed by atoms with Crippen molar-refractivity contribution in [1.82, 2.24) is 0 Å². The summed E-state index contributed by atoms with van der Waals surface area (Å²) in [4.78, 5) is 11.9. The van der Waals surface area contributed by atoms with Gasteiger partial charge in [0.2, 0.25) is 0 Å². The van der Waals surface area contributed by atoms with Crippen molar-refractivity contribution in [1.29, 1.82) is 0 Å². The molecule has 0 spiro atoms. The minimum atomic E-state index is -3.11. The Hall–Kier alpha value is -1.76. The van der Waals surface area contributed by atoms with Crippen molar-refractivity contribution >= 4 is 39.0 Å². The standard InChI is InChI=1S/C17H16Cl2O5S/c1-25(21,22)11-12-2-4-13(5-3-12)17(20)24-9-8-23-16-7-6-14(18)10-15(16)19/h2-7,10H,8-9,11H2,1H3. The molecule has 0 saturated carbocycles. The lowest BCUT2D eigenvalue weighted by atomic mass is 10.1. The monoisotopic (exact) mass is 402 g/mol. The van der Waals surface area contributed by atoms with Crippen LogP contribution in [0.5, 0.6) is 5.75 Å². The summed E-state index contributed by atoms with van der Waals surface area (Å²) in [5.41, 5.74) is 0.946. The van der Waals surface area contributed by atoms with Gasteiger partial charge in [0, 0.05) is 11.3 Å². The maximum atomic E-state index is 11.9. The summed E-state index contributed by atoms with van der Waals surface area (Å²) in [7, 11) is -3.11. The minimum Gasteiger partial charge on any atom is -0.488 e. The summed E-state index contributed by atoms with van der Waals surface area (Å²) in [6.45, 7) is 0.183. The fraction of sp³-hybridized carbons (Fsp3) is 0.235.